The summed E-state index contributed by atoms with van der Waals surface area (Å²) in [5, 5.41) is 3.94. The molecular formula is C11H19NO3. The monoisotopic (exact) mass is 213 g/mol. The van der Waals surface area contributed by atoms with E-state index >= 15 is 0 Å². The molecule has 86 valence electrons. The molecule has 0 aromatic carbocycles. The van der Waals surface area contributed by atoms with Crippen molar-refractivity contribution in [1.82, 2.24) is 5.16 Å². The summed E-state index contributed by atoms with van der Waals surface area (Å²) in [7, 11) is 1.70. The molecule has 0 N–H and O–H groups in total. The average Bonchev–Trinajstić information content (AvgIpc) is 2.71. The summed E-state index contributed by atoms with van der Waals surface area (Å²) >= 11 is 0. The summed E-state index contributed by atoms with van der Waals surface area (Å²) in [6.07, 6.45) is 2.65. The maximum Gasteiger partial charge on any atom is 0.136 e. The number of hydrogen-bond donors (Lipinski definition) is 0. The van der Waals surface area contributed by atoms with Gasteiger partial charge in [0.25, 0.3) is 0 Å². The Hall–Kier alpha value is -0.870. The van der Waals surface area contributed by atoms with Gasteiger partial charge >= 0.3 is 0 Å². The number of aryl methyl sites for hydroxylation is 1. The van der Waals surface area contributed by atoms with E-state index in [9.17, 15) is 0 Å². The minimum Gasteiger partial charge on any atom is -0.385 e. The van der Waals surface area contributed by atoms with E-state index in [1.165, 1.54) is 0 Å². The van der Waals surface area contributed by atoms with Crippen molar-refractivity contribution >= 4 is 0 Å². The fourth-order valence-corrected chi connectivity index (χ4v) is 1.22. The molecule has 1 aromatic rings. The maximum atomic E-state index is 5.42. The topological polar surface area (TPSA) is 44.5 Å². The van der Waals surface area contributed by atoms with E-state index in [2.05, 4.69) is 5.16 Å². The fourth-order valence-electron chi connectivity index (χ4n) is 1.22. The lowest BCUT2D eigenvalue weighted by molar-refractivity contribution is 0.104. The minimum absolute atomic E-state index is 0.694. The van der Waals surface area contributed by atoms with Gasteiger partial charge in [-0.1, -0.05) is 12.1 Å². The van der Waals surface area contributed by atoms with Crippen LogP contribution in [0, 0.1) is 0 Å². The van der Waals surface area contributed by atoms with E-state index in [0.717, 1.165) is 43.9 Å². The van der Waals surface area contributed by atoms with Crippen molar-refractivity contribution in [1.29, 1.82) is 0 Å². The molecule has 0 atom stereocenters. The predicted octanol–water partition coefficient (Wildman–Crippen LogP) is 1.83. The number of nitrogens with zero attached hydrogens (tertiary/aromatic N) is 1. The minimum atomic E-state index is 0.694. The lowest BCUT2D eigenvalue weighted by atomic mass is 10.3. The van der Waals surface area contributed by atoms with E-state index in [1.807, 2.05) is 13.0 Å². The molecule has 0 radical (unpaired) electrons. The zero-order chi connectivity index (χ0) is 10.9. The molecule has 4 nitrogen and oxygen atoms in total. The highest BCUT2D eigenvalue weighted by atomic mass is 16.5. The van der Waals surface area contributed by atoms with E-state index in [0.29, 0.717) is 6.61 Å². The van der Waals surface area contributed by atoms with Gasteiger partial charge in [0, 0.05) is 39.2 Å². The Morgan fingerprint density at radius 2 is 2.20 bits per heavy atom. The number of methoxy groups -OCH3 is 1. The summed E-state index contributed by atoms with van der Waals surface area (Å²) in [4.78, 5) is 0. The molecular weight excluding hydrogens is 194 g/mol. The molecule has 1 rings (SSSR count). The fraction of sp³-hybridized carbons (Fsp3) is 0.727. The van der Waals surface area contributed by atoms with Gasteiger partial charge in [0.1, 0.15) is 5.76 Å². The first kappa shape index (κ1) is 12.2. The zero-order valence-electron chi connectivity index (χ0n) is 9.49. The average molecular weight is 213 g/mol. The van der Waals surface area contributed by atoms with Crippen molar-refractivity contribution in [3.8, 4) is 0 Å². The third kappa shape index (κ3) is 4.95. The van der Waals surface area contributed by atoms with Gasteiger partial charge in [-0.2, -0.15) is 0 Å². The second-order valence-electron chi connectivity index (χ2n) is 3.35. The quantitative estimate of drug-likeness (QED) is 0.618. The third-order valence-corrected chi connectivity index (χ3v) is 2.10. The van der Waals surface area contributed by atoms with Gasteiger partial charge in [0.05, 0.1) is 12.3 Å². The van der Waals surface area contributed by atoms with Crippen LogP contribution >= 0.6 is 0 Å². The summed E-state index contributed by atoms with van der Waals surface area (Å²) in [5.41, 5.74) is 0.971. The molecule has 4 heteroatoms. The summed E-state index contributed by atoms with van der Waals surface area (Å²) in [6.45, 7) is 4.24. The Kier molecular flexibility index (Phi) is 6.04. The van der Waals surface area contributed by atoms with Crippen LogP contribution in [0.5, 0.6) is 0 Å². The molecule has 0 bridgehead atoms. The number of hydrogen-bond acceptors (Lipinski definition) is 4. The highest BCUT2D eigenvalue weighted by molar-refractivity contribution is 5.05. The molecule has 0 fully saturated rings. The molecule has 0 aliphatic heterocycles. The van der Waals surface area contributed by atoms with Crippen molar-refractivity contribution in [2.24, 2.45) is 0 Å². The number of aromatic nitrogens is 1. The Bertz CT molecular complexity index is 260. The van der Waals surface area contributed by atoms with Gasteiger partial charge in [-0.15, -0.1) is 0 Å². The number of rotatable bonds is 8. The Labute approximate surface area is 90.5 Å². The van der Waals surface area contributed by atoms with Crippen LogP contribution in [-0.4, -0.2) is 32.1 Å². The number of ether oxygens (including phenoxy) is 2. The third-order valence-electron chi connectivity index (χ3n) is 2.10. The van der Waals surface area contributed by atoms with Crippen molar-refractivity contribution < 1.29 is 14.0 Å². The molecule has 0 aliphatic carbocycles. The molecule has 0 unspecified atom stereocenters. The Morgan fingerprint density at radius 1 is 1.33 bits per heavy atom. The second-order valence-corrected chi connectivity index (χ2v) is 3.35. The normalized spacial score (nSPS) is 10.8. The van der Waals surface area contributed by atoms with Gasteiger partial charge in [-0.05, 0) is 6.42 Å². The van der Waals surface area contributed by atoms with Crippen molar-refractivity contribution in [3.05, 3.63) is 17.5 Å². The first-order valence-corrected chi connectivity index (χ1v) is 5.38. The standard InChI is InChI=1S/C11H19NO3/c1-3-11-9-10(12-15-11)5-8-14-7-4-6-13-2/h9H,3-8H2,1-2H3. The van der Waals surface area contributed by atoms with Crippen LogP contribution < -0.4 is 0 Å². The summed E-state index contributed by atoms with van der Waals surface area (Å²) in [6, 6.07) is 1.98. The van der Waals surface area contributed by atoms with E-state index in [-0.39, 0.29) is 0 Å². The highest BCUT2D eigenvalue weighted by Gasteiger charge is 2.01. The van der Waals surface area contributed by atoms with Gasteiger partial charge in [0.2, 0.25) is 0 Å². The first-order valence-electron chi connectivity index (χ1n) is 5.38. The summed E-state index contributed by atoms with van der Waals surface area (Å²) < 4.78 is 15.4. The SMILES string of the molecule is CCc1cc(CCOCCCOC)no1. The van der Waals surface area contributed by atoms with E-state index in [1.54, 1.807) is 7.11 Å². The molecule has 0 aliphatic rings. The Balaban J connectivity index is 2.04. The van der Waals surface area contributed by atoms with Crippen LogP contribution in [0.15, 0.2) is 10.6 Å². The molecule has 0 saturated heterocycles. The summed E-state index contributed by atoms with van der Waals surface area (Å²) in [5.74, 6) is 0.935. The molecule has 0 amide bonds. The van der Waals surface area contributed by atoms with Crippen LogP contribution in [0.4, 0.5) is 0 Å². The van der Waals surface area contributed by atoms with Crippen LogP contribution in [0.25, 0.3) is 0 Å². The van der Waals surface area contributed by atoms with Crippen LogP contribution in [0.1, 0.15) is 24.8 Å². The van der Waals surface area contributed by atoms with Gasteiger partial charge in [-0.3, -0.25) is 0 Å². The van der Waals surface area contributed by atoms with Crippen molar-refractivity contribution in [2.75, 3.05) is 26.9 Å². The molecule has 0 saturated carbocycles. The van der Waals surface area contributed by atoms with Gasteiger partial charge in [-0.25, -0.2) is 0 Å². The van der Waals surface area contributed by atoms with Crippen molar-refractivity contribution in [2.45, 2.75) is 26.2 Å². The molecule has 0 spiro atoms. The lowest BCUT2D eigenvalue weighted by Crippen LogP contribution is -2.02. The Morgan fingerprint density at radius 3 is 2.87 bits per heavy atom. The second kappa shape index (κ2) is 7.43. The van der Waals surface area contributed by atoms with Crippen LogP contribution in [0.2, 0.25) is 0 Å². The molecule has 1 aromatic heterocycles. The van der Waals surface area contributed by atoms with Crippen molar-refractivity contribution in [3.63, 3.8) is 0 Å². The lowest BCUT2D eigenvalue weighted by Gasteiger charge is -2.01. The van der Waals surface area contributed by atoms with Crippen LogP contribution in [0.3, 0.4) is 0 Å². The molecule has 1 heterocycles. The van der Waals surface area contributed by atoms with Crippen LogP contribution in [-0.2, 0) is 22.3 Å². The van der Waals surface area contributed by atoms with Gasteiger partial charge < -0.3 is 14.0 Å². The molecule has 15 heavy (non-hydrogen) atoms. The zero-order valence-corrected chi connectivity index (χ0v) is 9.49. The smallest absolute Gasteiger partial charge is 0.136 e. The maximum absolute atomic E-state index is 5.42. The van der Waals surface area contributed by atoms with E-state index < -0.39 is 0 Å². The van der Waals surface area contributed by atoms with E-state index in [4.69, 9.17) is 14.0 Å². The first-order chi connectivity index (χ1) is 7.36. The largest absolute Gasteiger partial charge is 0.385 e. The van der Waals surface area contributed by atoms with Gasteiger partial charge in [0.15, 0.2) is 0 Å². The predicted molar refractivity (Wildman–Crippen MR) is 56.9 cm³/mol. The highest BCUT2D eigenvalue weighted by Crippen LogP contribution is 2.04.